The Labute approximate surface area is 235 Å². The highest BCUT2D eigenvalue weighted by atomic mass is 79.9. The van der Waals surface area contributed by atoms with Gasteiger partial charge in [-0.2, -0.15) is 9.78 Å². The highest BCUT2D eigenvalue weighted by Crippen LogP contribution is 2.34. The molecule has 0 amide bonds. The van der Waals surface area contributed by atoms with Gasteiger partial charge in [0.15, 0.2) is 11.9 Å². The molecule has 0 fully saturated rings. The second kappa shape index (κ2) is 11.8. The molecule has 8 nitrogen and oxygen atoms in total. The van der Waals surface area contributed by atoms with Gasteiger partial charge in [0, 0.05) is 5.56 Å². The largest absolute Gasteiger partial charge is 0.494 e. The first-order valence-electron chi connectivity index (χ1n) is 12.6. The normalized spacial score (nSPS) is 12.3. The zero-order chi connectivity index (χ0) is 28.3. The van der Waals surface area contributed by atoms with Crippen LogP contribution in [0.2, 0.25) is 0 Å². The van der Waals surface area contributed by atoms with E-state index in [4.69, 9.17) is 19.6 Å². The molecular formula is C30H30BrN3O5. The molecule has 39 heavy (non-hydrogen) atoms. The maximum Gasteiger partial charge on any atom is 0.344 e. The first kappa shape index (κ1) is 28.0. The smallest absolute Gasteiger partial charge is 0.344 e. The van der Waals surface area contributed by atoms with E-state index in [2.05, 4.69) is 34.9 Å². The Kier molecular flexibility index (Phi) is 8.50. The van der Waals surface area contributed by atoms with Crippen LogP contribution >= 0.6 is 15.9 Å². The van der Waals surface area contributed by atoms with E-state index in [1.54, 1.807) is 36.5 Å². The van der Waals surface area contributed by atoms with Gasteiger partial charge in [-0.05, 0) is 102 Å². The number of hydrogen-bond donors (Lipinski definition) is 1. The van der Waals surface area contributed by atoms with Gasteiger partial charge in [0.25, 0.3) is 5.56 Å². The Balaban J connectivity index is 1.85. The van der Waals surface area contributed by atoms with Crippen molar-refractivity contribution in [3.05, 3.63) is 86.1 Å². The highest BCUT2D eigenvalue weighted by Gasteiger charge is 2.19. The summed E-state index contributed by atoms with van der Waals surface area (Å²) in [5, 5.41) is 14.1. The van der Waals surface area contributed by atoms with Gasteiger partial charge in [-0.25, -0.2) is 9.78 Å². The van der Waals surface area contributed by atoms with Crippen LogP contribution in [0, 0.1) is 6.92 Å². The van der Waals surface area contributed by atoms with E-state index < -0.39 is 12.1 Å². The molecule has 0 aliphatic heterocycles. The average Bonchev–Trinajstić information content (AvgIpc) is 2.89. The summed E-state index contributed by atoms with van der Waals surface area (Å²) < 4.78 is 13.2. The average molecular weight is 592 g/mol. The lowest BCUT2D eigenvalue weighted by Crippen LogP contribution is -2.23. The second-order valence-corrected chi connectivity index (χ2v) is 10.2. The van der Waals surface area contributed by atoms with E-state index in [0.717, 1.165) is 22.4 Å². The van der Waals surface area contributed by atoms with Crippen molar-refractivity contribution >= 4 is 39.0 Å². The van der Waals surface area contributed by atoms with Gasteiger partial charge in [0.1, 0.15) is 11.5 Å². The van der Waals surface area contributed by atoms with Crippen molar-refractivity contribution in [2.45, 2.75) is 46.6 Å². The number of ether oxygens (including phenoxy) is 2. The molecule has 1 N–H and O–H groups in total. The number of nitrogens with zero attached hydrogens (tertiary/aromatic N) is 3. The number of para-hydroxylation sites is 1. The van der Waals surface area contributed by atoms with E-state index in [1.807, 2.05) is 38.1 Å². The third-order valence-corrected chi connectivity index (χ3v) is 6.82. The summed E-state index contributed by atoms with van der Waals surface area (Å²) in [6.07, 6.45) is 0.558. The molecule has 0 bridgehead atoms. The number of carboxylic acids is 1. The monoisotopic (exact) mass is 591 g/mol. The number of aliphatic carboxylic acids is 1. The maximum atomic E-state index is 13.6. The molecule has 202 valence electrons. The summed E-state index contributed by atoms with van der Waals surface area (Å²) in [5.41, 5.74) is 3.68. The SMILES string of the molecule is CCOc1cc(C)c(-c2nc3ccccc3c(=O)n2N=Cc2ccc(O[C@@H](C)C(=O)O)c(Br)c2)cc1C(C)C. The maximum absolute atomic E-state index is 13.6. The van der Waals surface area contributed by atoms with Gasteiger partial charge in [0.2, 0.25) is 0 Å². The molecule has 1 aromatic heterocycles. The molecule has 4 rings (SSSR count). The van der Waals surface area contributed by atoms with Crippen LogP contribution in [0.5, 0.6) is 11.5 Å². The van der Waals surface area contributed by atoms with Crippen LogP contribution in [0.25, 0.3) is 22.3 Å². The summed E-state index contributed by atoms with van der Waals surface area (Å²) >= 11 is 3.43. The minimum absolute atomic E-state index is 0.192. The number of benzene rings is 3. The van der Waals surface area contributed by atoms with Crippen molar-refractivity contribution in [2.75, 3.05) is 6.61 Å². The van der Waals surface area contributed by atoms with Crippen molar-refractivity contribution < 1.29 is 19.4 Å². The van der Waals surface area contributed by atoms with Crippen LogP contribution in [0.4, 0.5) is 0 Å². The third kappa shape index (κ3) is 6.04. The Morgan fingerprint density at radius 2 is 1.87 bits per heavy atom. The summed E-state index contributed by atoms with van der Waals surface area (Å²) in [4.78, 5) is 29.7. The zero-order valence-electron chi connectivity index (χ0n) is 22.4. The molecule has 4 aromatic rings. The van der Waals surface area contributed by atoms with E-state index in [-0.39, 0.29) is 11.5 Å². The van der Waals surface area contributed by atoms with E-state index in [1.165, 1.54) is 11.6 Å². The number of halogens is 1. The topological polar surface area (TPSA) is 103 Å². The van der Waals surface area contributed by atoms with Crippen molar-refractivity contribution in [2.24, 2.45) is 5.10 Å². The molecule has 0 unspecified atom stereocenters. The number of carboxylic acid groups (broad SMARTS) is 1. The summed E-state index contributed by atoms with van der Waals surface area (Å²) in [6, 6.07) is 16.3. The molecule has 0 radical (unpaired) electrons. The number of carbonyl (C=O) groups is 1. The fraction of sp³-hybridized carbons (Fsp3) is 0.267. The van der Waals surface area contributed by atoms with Crippen LogP contribution < -0.4 is 15.0 Å². The molecule has 0 aliphatic carbocycles. The first-order valence-corrected chi connectivity index (χ1v) is 13.4. The minimum Gasteiger partial charge on any atom is -0.494 e. The number of rotatable bonds is 9. The van der Waals surface area contributed by atoms with Gasteiger partial charge in [-0.15, -0.1) is 0 Å². The fourth-order valence-electron chi connectivity index (χ4n) is 4.13. The third-order valence-electron chi connectivity index (χ3n) is 6.20. The second-order valence-electron chi connectivity index (χ2n) is 9.39. The van der Waals surface area contributed by atoms with Crippen LogP contribution in [-0.2, 0) is 4.79 Å². The van der Waals surface area contributed by atoms with Gasteiger partial charge < -0.3 is 14.6 Å². The number of hydrogen-bond acceptors (Lipinski definition) is 6. The lowest BCUT2D eigenvalue weighted by Gasteiger charge is -2.18. The van der Waals surface area contributed by atoms with E-state index >= 15 is 0 Å². The predicted molar refractivity (Wildman–Crippen MR) is 156 cm³/mol. The zero-order valence-corrected chi connectivity index (χ0v) is 24.0. The van der Waals surface area contributed by atoms with Gasteiger partial charge in [-0.3, -0.25) is 4.79 Å². The Morgan fingerprint density at radius 3 is 2.54 bits per heavy atom. The number of aromatic nitrogens is 2. The molecule has 0 saturated carbocycles. The first-order chi connectivity index (χ1) is 18.6. The van der Waals surface area contributed by atoms with Crippen LogP contribution in [0.3, 0.4) is 0 Å². The molecule has 0 saturated heterocycles. The van der Waals surface area contributed by atoms with Crippen molar-refractivity contribution in [3.8, 4) is 22.9 Å². The van der Waals surface area contributed by atoms with E-state index in [9.17, 15) is 9.59 Å². The molecule has 9 heteroatoms. The van der Waals surface area contributed by atoms with Crippen LogP contribution in [0.15, 0.2) is 69.0 Å². The fourth-order valence-corrected chi connectivity index (χ4v) is 4.62. The highest BCUT2D eigenvalue weighted by molar-refractivity contribution is 9.10. The summed E-state index contributed by atoms with van der Waals surface area (Å²) in [5.74, 6) is 0.756. The van der Waals surface area contributed by atoms with Crippen molar-refractivity contribution in [1.29, 1.82) is 0 Å². The molecule has 1 atom stereocenters. The van der Waals surface area contributed by atoms with Crippen LogP contribution in [0.1, 0.15) is 50.3 Å². The van der Waals surface area contributed by atoms with Gasteiger partial charge in [-0.1, -0.05) is 26.0 Å². The number of aryl methyl sites for hydroxylation is 1. The summed E-state index contributed by atoms with van der Waals surface area (Å²) in [7, 11) is 0. The van der Waals surface area contributed by atoms with Gasteiger partial charge >= 0.3 is 5.97 Å². The number of fused-ring (bicyclic) bond motifs is 1. The Bertz CT molecular complexity index is 1630. The quantitative estimate of drug-likeness (QED) is 0.226. The molecular weight excluding hydrogens is 562 g/mol. The molecule has 1 heterocycles. The van der Waals surface area contributed by atoms with Crippen molar-refractivity contribution in [3.63, 3.8) is 0 Å². The minimum atomic E-state index is -1.06. The van der Waals surface area contributed by atoms with Gasteiger partial charge in [0.05, 0.1) is 28.2 Å². The van der Waals surface area contributed by atoms with E-state index in [0.29, 0.717) is 39.1 Å². The molecule has 0 spiro atoms. The Morgan fingerprint density at radius 1 is 1.13 bits per heavy atom. The standard InChI is InChI=1S/C30H30BrN3O5/c1-6-38-27-13-18(4)23(15-22(27)17(2)3)28-33-25-10-8-7-9-21(25)29(35)34(28)32-16-20-11-12-26(24(31)14-20)39-19(5)30(36)37/h7-17,19H,6H2,1-5H3,(H,36,37)/t19-/m0/s1. The lowest BCUT2D eigenvalue weighted by molar-refractivity contribution is -0.144. The Hall–Kier alpha value is -3.98. The predicted octanol–water partition coefficient (Wildman–Crippen LogP) is 6.39. The molecule has 0 aliphatic rings. The lowest BCUT2D eigenvalue weighted by atomic mass is 9.96. The van der Waals surface area contributed by atoms with Crippen molar-refractivity contribution in [1.82, 2.24) is 9.66 Å². The van der Waals surface area contributed by atoms with Crippen LogP contribution in [-0.4, -0.2) is 39.7 Å². The molecule has 3 aromatic carbocycles. The summed E-state index contributed by atoms with van der Waals surface area (Å²) in [6.45, 7) is 10.1.